The number of nitrogens with zero attached hydrogens (tertiary/aromatic N) is 1. The average molecular weight is 677 g/mol. The van der Waals surface area contributed by atoms with E-state index in [1.165, 1.54) is 109 Å². The summed E-state index contributed by atoms with van der Waals surface area (Å²) in [4.78, 5) is 25.0. The first-order valence-corrected chi connectivity index (χ1v) is 20.8. The van der Waals surface area contributed by atoms with E-state index in [-0.39, 0.29) is 19.1 Å². The molecule has 0 aliphatic carbocycles. The van der Waals surface area contributed by atoms with Crippen LogP contribution < -0.4 is 10.2 Å². The highest BCUT2D eigenvalue weighted by Crippen LogP contribution is 2.38. The summed E-state index contributed by atoms with van der Waals surface area (Å²) in [7, 11) is 1.31. The molecule has 0 radical (unpaired) electrons. The third-order valence-corrected chi connectivity index (χ3v) is 9.81. The minimum Gasteiger partial charge on any atom is -0.756 e. The van der Waals surface area contributed by atoms with Crippen LogP contribution in [0.15, 0.2) is 0 Å². The molecule has 0 fully saturated rings. The Hall–Kier alpha value is -0.500. The van der Waals surface area contributed by atoms with Gasteiger partial charge in [-0.2, -0.15) is 0 Å². The van der Waals surface area contributed by atoms with E-state index in [9.17, 15) is 19.4 Å². The van der Waals surface area contributed by atoms with Crippen LogP contribution in [0.3, 0.4) is 0 Å². The van der Waals surface area contributed by atoms with Gasteiger partial charge in [0.1, 0.15) is 13.2 Å². The van der Waals surface area contributed by atoms with Crippen molar-refractivity contribution in [2.45, 2.75) is 193 Å². The van der Waals surface area contributed by atoms with Crippen molar-refractivity contribution in [3.8, 4) is 0 Å². The number of hydrogen-bond donors (Lipinski definition) is 2. The standard InChI is InChI=1S/C37H77N2O6P/c1-6-8-10-12-13-14-15-16-17-18-19-20-21-22-23-24-25-26-27-29-31-37(41)38-35(36(40)30-28-11-9-7-2)34-45-46(42,43)44-33-32-39(3,4)5/h35-36,40H,6-34H2,1-5H3,(H-,38,41,42,43). The Labute approximate surface area is 285 Å². The zero-order valence-electron chi connectivity index (χ0n) is 31.0. The number of phosphoric ester groups is 1. The van der Waals surface area contributed by atoms with Crippen LogP contribution >= 0.6 is 7.82 Å². The van der Waals surface area contributed by atoms with Crippen LogP contribution in [-0.4, -0.2) is 68.5 Å². The molecule has 3 unspecified atom stereocenters. The number of nitrogens with one attached hydrogen (secondary N) is 1. The van der Waals surface area contributed by atoms with Crippen LogP contribution in [0.25, 0.3) is 0 Å². The maximum absolute atomic E-state index is 12.7. The van der Waals surface area contributed by atoms with Gasteiger partial charge in [0.05, 0.1) is 39.9 Å². The van der Waals surface area contributed by atoms with E-state index < -0.39 is 20.0 Å². The summed E-state index contributed by atoms with van der Waals surface area (Å²) in [5, 5.41) is 13.6. The fourth-order valence-corrected chi connectivity index (χ4v) is 6.41. The van der Waals surface area contributed by atoms with Crippen molar-refractivity contribution in [1.29, 1.82) is 0 Å². The van der Waals surface area contributed by atoms with Gasteiger partial charge in [-0.1, -0.05) is 162 Å². The molecule has 0 spiro atoms. The van der Waals surface area contributed by atoms with Gasteiger partial charge in [0.2, 0.25) is 5.91 Å². The van der Waals surface area contributed by atoms with Crippen molar-refractivity contribution in [2.75, 3.05) is 40.9 Å². The summed E-state index contributed by atoms with van der Waals surface area (Å²) in [6.45, 7) is 4.60. The Morgan fingerprint density at radius 1 is 0.674 bits per heavy atom. The lowest BCUT2D eigenvalue weighted by Gasteiger charge is -2.30. The van der Waals surface area contributed by atoms with E-state index in [0.717, 1.165) is 44.9 Å². The van der Waals surface area contributed by atoms with Crippen LogP contribution in [-0.2, 0) is 18.4 Å². The van der Waals surface area contributed by atoms with Gasteiger partial charge in [0, 0.05) is 6.42 Å². The second-order valence-corrected chi connectivity index (χ2v) is 16.1. The Morgan fingerprint density at radius 2 is 1.07 bits per heavy atom. The number of likely N-dealkylation sites (N-methyl/N-ethyl adjacent to an activating group) is 1. The predicted molar refractivity (Wildman–Crippen MR) is 192 cm³/mol. The van der Waals surface area contributed by atoms with E-state index in [1.54, 1.807) is 0 Å². The zero-order chi connectivity index (χ0) is 34.4. The molecule has 0 heterocycles. The first-order valence-electron chi connectivity index (χ1n) is 19.4. The van der Waals surface area contributed by atoms with E-state index >= 15 is 0 Å². The normalized spacial score (nSPS) is 14.7. The lowest BCUT2D eigenvalue weighted by atomic mass is 10.0. The van der Waals surface area contributed by atoms with Crippen LogP contribution in [0, 0.1) is 0 Å². The first kappa shape index (κ1) is 45.5. The molecule has 0 aromatic carbocycles. The number of carbonyl (C=O) groups is 1. The number of unbranched alkanes of at least 4 members (excludes halogenated alkanes) is 22. The zero-order valence-corrected chi connectivity index (χ0v) is 31.9. The molecule has 0 aromatic rings. The smallest absolute Gasteiger partial charge is 0.268 e. The number of carbonyl (C=O) groups excluding carboxylic acids is 1. The van der Waals surface area contributed by atoms with Crippen LogP contribution in [0.5, 0.6) is 0 Å². The van der Waals surface area contributed by atoms with E-state index in [1.807, 2.05) is 21.1 Å². The van der Waals surface area contributed by atoms with Crippen LogP contribution in [0.1, 0.15) is 181 Å². The van der Waals surface area contributed by atoms with E-state index in [2.05, 4.69) is 19.2 Å². The first-order chi connectivity index (χ1) is 22.0. The van der Waals surface area contributed by atoms with Crippen LogP contribution in [0.4, 0.5) is 0 Å². The topological polar surface area (TPSA) is 108 Å². The number of phosphoric acid groups is 1. The van der Waals surface area contributed by atoms with Gasteiger partial charge < -0.3 is 28.8 Å². The molecule has 276 valence electrons. The fourth-order valence-electron chi connectivity index (χ4n) is 5.69. The molecule has 0 saturated heterocycles. The highest BCUT2D eigenvalue weighted by atomic mass is 31.2. The predicted octanol–water partition coefficient (Wildman–Crippen LogP) is 9.22. The van der Waals surface area contributed by atoms with Gasteiger partial charge in [-0.3, -0.25) is 9.36 Å². The second-order valence-electron chi connectivity index (χ2n) is 14.6. The number of aliphatic hydroxyl groups excluding tert-OH is 1. The van der Waals surface area contributed by atoms with Crippen molar-refractivity contribution in [3.05, 3.63) is 0 Å². The van der Waals surface area contributed by atoms with E-state index in [0.29, 0.717) is 23.9 Å². The van der Waals surface area contributed by atoms with Crippen molar-refractivity contribution < 1.29 is 32.9 Å². The number of hydrogen-bond acceptors (Lipinski definition) is 6. The molecule has 0 aliphatic rings. The summed E-state index contributed by atoms with van der Waals surface area (Å²) in [5.74, 6) is -0.171. The van der Waals surface area contributed by atoms with Crippen molar-refractivity contribution in [1.82, 2.24) is 5.32 Å². The van der Waals surface area contributed by atoms with Crippen molar-refractivity contribution >= 4 is 13.7 Å². The third-order valence-electron chi connectivity index (χ3n) is 8.85. The van der Waals surface area contributed by atoms with Gasteiger partial charge in [0.15, 0.2) is 0 Å². The molecule has 1 amide bonds. The van der Waals surface area contributed by atoms with Gasteiger partial charge in [0.25, 0.3) is 7.82 Å². The SMILES string of the molecule is CCCCCCCCCCCCCCCCCCCCCCC(=O)NC(COP(=O)([O-])OCC[N+](C)(C)C)C(O)CCCCCC. The molecule has 0 aliphatic heterocycles. The maximum Gasteiger partial charge on any atom is 0.268 e. The van der Waals surface area contributed by atoms with Crippen molar-refractivity contribution in [2.24, 2.45) is 0 Å². The minimum absolute atomic E-state index is 0.0142. The van der Waals surface area contributed by atoms with Gasteiger partial charge in [-0.15, -0.1) is 0 Å². The number of aliphatic hydroxyl groups is 1. The lowest BCUT2D eigenvalue weighted by Crippen LogP contribution is -2.46. The lowest BCUT2D eigenvalue weighted by molar-refractivity contribution is -0.870. The van der Waals surface area contributed by atoms with Gasteiger partial charge in [-0.25, -0.2) is 0 Å². The molecule has 46 heavy (non-hydrogen) atoms. The largest absolute Gasteiger partial charge is 0.756 e. The van der Waals surface area contributed by atoms with Crippen LogP contribution in [0.2, 0.25) is 0 Å². The maximum atomic E-state index is 12.7. The molecule has 2 N–H and O–H groups in total. The molecule has 0 rings (SSSR count). The van der Waals surface area contributed by atoms with Gasteiger partial charge in [-0.05, 0) is 12.8 Å². The summed E-state index contributed by atoms with van der Waals surface area (Å²) >= 11 is 0. The molecule has 9 heteroatoms. The number of quaternary nitrogens is 1. The second kappa shape index (κ2) is 30.6. The third kappa shape index (κ3) is 32.1. The van der Waals surface area contributed by atoms with Crippen molar-refractivity contribution in [3.63, 3.8) is 0 Å². The Balaban J connectivity index is 4.03. The Morgan fingerprint density at radius 3 is 1.48 bits per heavy atom. The quantitative estimate of drug-likeness (QED) is 0.0394. The average Bonchev–Trinajstić information content (AvgIpc) is 2.99. The van der Waals surface area contributed by atoms with E-state index in [4.69, 9.17) is 9.05 Å². The summed E-state index contributed by atoms with van der Waals surface area (Å²) < 4.78 is 22.9. The molecular formula is C37H77N2O6P. The molecule has 0 aromatic heterocycles. The summed E-state index contributed by atoms with van der Waals surface area (Å²) in [5.41, 5.74) is 0. The highest BCUT2D eigenvalue weighted by molar-refractivity contribution is 7.45. The summed E-state index contributed by atoms with van der Waals surface area (Å²) in [6, 6.07) is -0.788. The molecule has 8 nitrogen and oxygen atoms in total. The molecule has 0 bridgehead atoms. The Bertz CT molecular complexity index is 733. The fraction of sp³-hybridized carbons (Fsp3) is 0.973. The minimum atomic E-state index is -4.53. The molecular weight excluding hydrogens is 599 g/mol. The number of rotatable bonds is 35. The molecule has 0 saturated carbocycles. The number of amides is 1. The monoisotopic (exact) mass is 677 g/mol. The van der Waals surface area contributed by atoms with Gasteiger partial charge >= 0.3 is 0 Å². The Kier molecular flexibility index (Phi) is 30.2. The highest BCUT2D eigenvalue weighted by Gasteiger charge is 2.24. The molecule has 3 atom stereocenters. The summed E-state index contributed by atoms with van der Waals surface area (Å²) in [6.07, 6.45) is 30.2.